The number of aromatic nitrogens is 2. The summed E-state index contributed by atoms with van der Waals surface area (Å²) in [4.78, 5) is 16.2. The van der Waals surface area contributed by atoms with E-state index in [2.05, 4.69) is 4.98 Å². The number of aliphatic hydroxyl groups excluding tert-OH is 2. The molecule has 0 fully saturated rings. The second-order valence-electron chi connectivity index (χ2n) is 7.48. The van der Waals surface area contributed by atoms with Crippen molar-refractivity contribution in [3.63, 3.8) is 0 Å². The van der Waals surface area contributed by atoms with Gasteiger partial charge in [0.05, 0.1) is 5.69 Å². The van der Waals surface area contributed by atoms with E-state index in [1.165, 1.54) is 11.7 Å². The first-order valence-electron chi connectivity index (χ1n) is 9.99. The molecule has 0 saturated carbocycles. The van der Waals surface area contributed by atoms with Crippen LogP contribution in [0, 0.1) is 0 Å². The molecule has 31 heavy (non-hydrogen) atoms. The lowest BCUT2D eigenvalue weighted by molar-refractivity contribution is -0.160. The molecule has 0 unspecified atom stereocenters. The van der Waals surface area contributed by atoms with Crippen LogP contribution in [0.4, 0.5) is 0 Å². The molecule has 2 aromatic carbocycles. The molecule has 0 bridgehead atoms. The van der Waals surface area contributed by atoms with Crippen molar-refractivity contribution >= 4 is 5.97 Å². The normalized spacial score (nSPS) is 22.7. The summed E-state index contributed by atoms with van der Waals surface area (Å²) < 4.78 is 12.4. The topological polar surface area (TPSA) is 114 Å². The third kappa shape index (κ3) is 4.32. The van der Waals surface area contributed by atoms with Crippen LogP contribution in [-0.2, 0) is 22.4 Å². The first-order valence-corrected chi connectivity index (χ1v) is 9.99. The Hall–Kier alpha value is -3.20. The van der Waals surface area contributed by atoms with Gasteiger partial charge in [0, 0.05) is 13.3 Å². The third-order valence-electron chi connectivity index (χ3n) is 5.42. The standard InChI is InChI=1S/C23H24N2O6/c1-30-21-18(23(28)29)25-13-15(24-22(25)20(27)19(21)26)11-10-14-6-5-9-17(12-14)31-16-7-3-2-4-8-16/h2-9,12-13,18-21,26-27H,10-11H2,1H3,(H,28,29)/t18-,19+,20+,21+/m0/s1. The first kappa shape index (κ1) is 21.0. The van der Waals surface area contributed by atoms with E-state index in [9.17, 15) is 20.1 Å². The van der Waals surface area contributed by atoms with Crippen LogP contribution < -0.4 is 4.74 Å². The van der Waals surface area contributed by atoms with Crippen LogP contribution >= 0.6 is 0 Å². The van der Waals surface area contributed by atoms with Gasteiger partial charge in [0.2, 0.25) is 0 Å². The highest BCUT2D eigenvalue weighted by atomic mass is 16.5. The van der Waals surface area contributed by atoms with Gasteiger partial charge in [-0.2, -0.15) is 0 Å². The Morgan fingerprint density at radius 2 is 1.81 bits per heavy atom. The number of hydrogen-bond acceptors (Lipinski definition) is 6. The van der Waals surface area contributed by atoms with Crippen LogP contribution in [0.2, 0.25) is 0 Å². The number of nitrogens with zero attached hydrogens (tertiary/aromatic N) is 2. The quantitative estimate of drug-likeness (QED) is 0.534. The number of benzene rings is 2. The molecule has 8 heteroatoms. The number of carboxylic acid groups (broad SMARTS) is 1. The van der Waals surface area contributed by atoms with Gasteiger partial charge in [0.25, 0.3) is 0 Å². The molecule has 3 N–H and O–H groups in total. The van der Waals surface area contributed by atoms with Gasteiger partial charge in [-0.05, 0) is 42.7 Å². The van der Waals surface area contributed by atoms with Crippen LogP contribution in [0.3, 0.4) is 0 Å². The summed E-state index contributed by atoms with van der Waals surface area (Å²) in [7, 11) is 1.31. The van der Waals surface area contributed by atoms with E-state index in [4.69, 9.17) is 9.47 Å². The molecular weight excluding hydrogens is 400 g/mol. The molecule has 0 radical (unpaired) electrons. The Bertz CT molecular complexity index is 1050. The molecule has 0 saturated heterocycles. The second kappa shape index (κ2) is 8.89. The summed E-state index contributed by atoms with van der Waals surface area (Å²) in [6.45, 7) is 0. The van der Waals surface area contributed by atoms with E-state index >= 15 is 0 Å². The zero-order chi connectivity index (χ0) is 22.0. The Morgan fingerprint density at radius 3 is 2.52 bits per heavy atom. The summed E-state index contributed by atoms with van der Waals surface area (Å²) in [6.07, 6.45) is -0.986. The molecule has 4 rings (SSSR count). The molecule has 1 aliphatic heterocycles. The summed E-state index contributed by atoms with van der Waals surface area (Å²) in [5.74, 6) is 0.444. The van der Waals surface area contributed by atoms with Gasteiger partial charge in [-0.1, -0.05) is 30.3 Å². The van der Waals surface area contributed by atoms with Crippen molar-refractivity contribution in [2.24, 2.45) is 0 Å². The minimum absolute atomic E-state index is 0.129. The van der Waals surface area contributed by atoms with Crippen molar-refractivity contribution in [2.45, 2.75) is 37.2 Å². The fourth-order valence-corrected chi connectivity index (χ4v) is 3.89. The molecule has 162 valence electrons. The van der Waals surface area contributed by atoms with Crippen molar-refractivity contribution in [3.8, 4) is 11.5 Å². The average Bonchev–Trinajstić information content (AvgIpc) is 3.19. The first-order chi connectivity index (χ1) is 15.0. The summed E-state index contributed by atoms with van der Waals surface area (Å²) in [5.41, 5.74) is 1.66. The second-order valence-corrected chi connectivity index (χ2v) is 7.48. The van der Waals surface area contributed by atoms with Crippen molar-refractivity contribution in [3.05, 3.63) is 77.9 Å². The van der Waals surface area contributed by atoms with E-state index in [0.717, 1.165) is 17.1 Å². The van der Waals surface area contributed by atoms with Crippen molar-refractivity contribution in [1.82, 2.24) is 9.55 Å². The van der Waals surface area contributed by atoms with Gasteiger partial charge < -0.3 is 29.4 Å². The number of aryl methyl sites for hydroxylation is 2. The summed E-state index contributed by atoms with van der Waals surface area (Å²) in [6, 6.07) is 16.1. The number of aliphatic hydroxyl groups is 2. The zero-order valence-electron chi connectivity index (χ0n) is 17.0. The maximum atomic E-state index is 11.8. The molecule has 1 aliphatic rings. The fraction of sp³-hybridized carbons (Fsp3) is 0.304. The Labute approximate surface area is 179 Å². The molecule has 1 aromatic heterocycles. The molecule has 4 atom stereocenters. The van der Waals surface area contributed by atoms with Gasteiger partial charge in [-0.15, -0.1) is 0 Å². The van der Waals surface area contributed by atoms with E-state index in [1.807, 2.05) is 54.6 Å². The number of hydrogen-bond donors (Lipinski definition) is 3. The molecule has 8 nitrogen and oxygen atoms in total. The molecular formula is C23H24N2O6. The maximum absolute atomic E-state index is 11.8. The largest absolute Gasteiger partial charge is 0.480 e. The number of methoxy groups -OCH3 is 1. The highest BCUT2D eigenvalue weighted by molar-refractivity contribution is 5.73. The lowest BCUT2D eigenvalue weighted by atomic mass is 9.95. The predicted molar refractivity (Wildman–Crippen MR) is 111 cm³/mol. The lowest BCUT2D eigenvalue weighted by Crippen LogP contribution is -2.48. The van der Waals surface area contributed by atoms with Gasteiger partial charge in [0.1, 0.15) is 35.6 Å². The van der Waals surface area contributed by atoms with Crippen LogP contribution in [0.15, 0.2) is 60.8 Å². The Kier molecular flexibility index (Phi) is 6.03. The number of carbonyl (C=O) groups is 1. The average molecular weight is 424 g/mol. The van der Waals surface area contributed by atoms with Crippen LogP contribution in [-0.4, -0.2) is 50.2 Å². The van der Waals surface area contributed by atoms with Crippen LogP contribution in [0.1, 0.15) is 29.2 Å². The SMILES string of the molecule is CO[C@H]1[C@H](O)[C@@H](O)c2nc(CCc3cccc(Oc4ccccc4)c3)cn2[C@@H]1C(=O)O. The van der Waals surface area contributed by atoms with E-state index in [-0.39, 0.29) is 5.82 Å². The predicted octanol–water partition coefficient (Wildman–Crippen LogP) is 2.51. The number of para-hydroxylation sites is 1. The van der Waals surface area contributed by atoms with E-state index in [0.29, 0.717) is 18.5 Å². The van der Waals surface area contributed by atoms with E-state index < -0.39 is 30.3 Å². The minimum atomic E-state index is -1.37. The van der Waals surface area contributed by atoms with Crippen LogP contribution in [0.5, 0.6) is 11.5 Å². The van der Waals surface area contributed by atoms with Gasteiger partial charge in [0.15, 0.2) is 6.04 Å². The third-order valence-corrected chi connectivity index (χ3v) is 5.42. The summed E-state index contributed by atoms with van der Waals surface area (Å²) >= 11 is 0. The minimum Gasteiger partial charge on any atom is -0.480 e. The lowest BCUT2D eigenvalue weighted by Gasteiger charge is -2.36. The highest BCUT2D eigenvalue weighted by Gasteiger charge is 2.46. The van der Waals surface area contributed by atoms with E-state index in [1.54, 1.807) is 6.20 Å². The van der Waals surface area contributed by atoms with Gasteiger partial charge in [-0.3, -0.25) is 0 Å². The zero-order valence-corrected chi connectivity index (χ0v) is 17.0. The number of aliphatic carboxylic acids is 1. The fourth-order valence-electron chi connectivity index (χ4n) is 3.89. The monoisotopic (exact) mass is 424 g/mol. The summed E-state index contributed by atoms with van der Waals surface area (Å²) in [5, 5.41) is 30.3. The van der Waals surface area contributed by atoms with Crippen molar-refractivity contribution in [1.29, 1.82) is 0 Å². The number of ether oxygens (including phenoxy) is 2. The molecule has 3 aromatic rings. The number of carboxylic acids is 1. The van der Waals surface area contributed by atoms with Crippen molar-refractivity contribution in [2.75, 3.05) is 7.11 Å². The number of imidazole rings is 1. The molecule has 2 heterocycles. The Morgan fingerprint density at radius 1 is 1.06 bits per heavy atom. The molecule has 0 spiro atoms. The molecule has 0 aliphatic carbocycles. The maximum Gasteiger partial charge on any atom is 0.329 e. The smallest absolute Gasteiger partial charge is 0.329 e. The highest BCUT2D eigenvalue weighted by Crippen LogP contribution is 2.34. The molecule has 0 amide bonds. The van der Waals surface area contributed by atoms with Gasteiger partial charge in [-0.25, -0.2) is 9.78 Å². The number of fused-ring (bicyclic) bond motifs is 1. The van der Waals surface area contributed by atoms with Crippen molar-refractivity contribution < 1.29 is 29.6 Å². The Balaban J connectivity index is 1.50. The number of rotatable bonds is 7. The van der Waals surface area contributed by atoms with Gasteiger partial charge >= 0.3 is 5.97 Å². The van der Waals surface area contributed by atoms with Crippen LogP contribution in [0.25, 0.3) is 0 Å².